The molecule has 0 spiro atoms. The molecule has 2 aromatic carbocycles. The van der Waals surface area contributed by atoms with Gasteiger partial charge in [-0.1, -0.05) is 74.5 Å². The second-order valence-corrected chi connectivity index (χ2v) is 7.01. The van der Waals surface area contributed by atoms with E-state index in [1.165, 1.54) is 17.7 Å². The number of hydrogen-bond donors (Lipinski definition) is 0. The highest BCUT2D eigenvalue weighted by Gasteiger charge is 2.69. The largest absolute Gasteiger partial charge is 0.295 e. The van der Waals surface area contributed by atoms with Gasteiger partial charge in [0.05, 0.1) is 0 Å². The molecule has 108 valence electrons. The SMILES string of the molecule is C[C@H]1CN(Cc2ccccc2)[C@@H]2[C@H]1C2(C)c1ccccc1. The summed E-state index contributed by atoms with van der Waals surface area (Å²) in [7, 11) is 0. The third-order valence-electron chi connectivity index (χ3n) is 5.69. The van der Waals surface area contributed by atoms with Crippen molar-refractivity contribution in [3.05, 3.63) is 71.8 Å². The fourth-order valence-electron chi connectivity index (χ4n) is 4.77. The highest BCUT2D eigenvalue weighted by Crippen LogP contribution is 2.64. The van der Waals surface area contributed by atoms with Gasteiger partial charge in [0.25, 0.3) is 0 Å². The molecule has 21 heavy (non-hydrogen) atoms. The number of hydrogen-bond acceptors (Lipinski definition) is 1. The summed E-state index contributed by atoms with van der Waals surface area (Å²) >= 11 is 0. The molecule has 4 atom stereocenters. The summed E-state index contributed by atoms with van der Waals surface area (Å²) < 4.78 is 0. The van der Waals surface area contributed by atoms with E-state index >= 15 is 0 Å². The summed E-state index contributed by atoms with van der Waals surface area (Å²) in [6.07, 6.45) is 0. The summed E-state index contributed by atoms with van der Waals surface area (Å²) in [5.74, 6) is 1.62. The van der Waals surface area contributed by atoms with Crippen molar-refractivity contribution in [3.63, 3.8) is 0 Å². The van der Waals surface area contributed by atoms with Crippen LogP contribution >= 0.6 is 0 Å². The number of fused-ring (bicyclic) bond motifs is 1. The van der Waals surface area contributed by atoms with Crippen LogP contribution in [-0.4, -0.2) is 17.5 Å². The summed E-state index contributed by atoms with van der Waals surface area (Å²) in [5.41, 5.74) is 3.31. The summed E-state index contributed by atoms with van der Waals surface area (Å²) in [5, 5.41) is 0. The van der Waals surface area contributed by atoms with Gasteiger partial charge >= 0.3 is 0 Å². The van der Waals surface area contributed by atoms with E-state index in [0.29, 0.717) is 5.41 Å². The maximum atomic E-state index is 2.71. The molecule has 1 heterocycles. The van der Waals surface area contributed by atoms with Crippen LogP contribution in [-0.2, 0) is 12.0 Å². The van der Waals surface area contributed by atoms with Crippen molar-refractivity contribution in [2.45, 2.75) is 31.8 Å². The van der Waals surface area contributed by atoms with Crippen molar-refractivity contribution in [1.29, 1.82) is 0 Å². The Hall–Kier alpha value is -1.60. The molecule has 0 bridgehead atoms. The van der Waals surface area contributed by atoms with Crippen LogP contribution in [0.3, 0.4) is 0 Å². The van der Waals surface area contributed by atoms with E-state index in [4.69, 9.17) is 0 Å². The maximum absolute atomic E-state index is 2.71. The molecule has 1 heteroatoms. The first-order valence-corrected chi connectivity index (χ1v) is 8.05. The summed E-state index contributed by atoms with van der Waals surface area (Å²) in [6, 6.07) is 22.7. The summed E-state index contributed by atoms with van der Waals surface area (Å²) in [6.45, 7) is 7.23. The van der Waals surface area contributed by atoms with Crippen molar-refractivity contribution in [1.82, 2.24) is 4.90 Å². The maximum Gasteiger partial charge on any atom is 0.0237 e. The Morgan fingerprint density at radius 1 is 1.00 bits per heavy atom. The van der Waals surface area contributed by atoms with Crippen molar-refractivity contribution in [2.75, 3.05) is 6.54 Å². The first-order valence-electron chi connectivity index (χ1n) is 8.05. The zero-order chi connectivity index (χ0) is 14.4. The molecule has 1 nitrogen and oxygen atoms in total. The molecule has 2 fully saturated rings. The third kappa shape index (κ3) is 1.95. The molecular formula is C20H23N. The lowest BCUT2D eigenvalue weighted by Crippen LogP contribution is -2.32. The highest BCUT2D eigenvalue weighted by atomic mass is 15.3. The Morgan fingerprint density at radius 2 is 1.62 bits per heavy atom. The molecule has 0 N–H and O–H groups in total. The van der Waals surface area contributed by atoms with Gasteiger partial charge in [-0.15, -0.1) is 0 Å². The molecule has 0 radical (unpaired) electrons. The zero-order valence-electron chi connectivity index (χ0n) is 12.9. The van der Waals surface area contributed by atoms with E-state index in [-0.39, 0.29) is 0 Å². The Morgan fingerprint density at radius 3 is 2.29 bits per heavy atom. The summed E-state index contributed by atoms with van der Waals surface area (Å²) in [4.78, 5) is 2.71. The Bertz CT molecular complexity index is 621. The third-order valence-corrected chi connectivity index (χ3v) is 5.69. The lowest BCUT2D eigenvalue weighted by Gasteiger charge is -2.27. The smallest absolute Gasteiger partial charge is 0.0237 e. The lowest BCUT2D eigenvalue weighted by atomic mass is 9.89. The van der Waals surface area contributed by atoms with Crippen molar-refractivity contribution in [2.24, 2.45) is 11.8 Å². The first-order chi connectivity index (χ1) is 10.2. The van der Waals surface area contributed by atoms with Gasteiger partial charge in [0.15, 0.2) is 0 Å². The van der Waals surface area contributed by atoms with Gasteiger partial charge in [0.2, 0.25) is 0 Å². The normalized spacial score (nSPS) is 34.7. The molecule has 2 aliphatic rings. The van der Waals surface area contributed by atoms with Gasteiger partial charge in [-0.2, -0.15) is 0 Å². The van der Waals surface area contributed by atoms with E-state index in [1.54, 1.807) is 0 Å². The Labute approximate surface area is 127 Å². The average molecular weight is 277 g/mol. The molecule has 1 aliphatic heterocycles. The molecule has 1 saturated carbocycles. The quantitative estimate of drug-likeness (QED) is 0.816. The van der Waals surface area contributed by atoms with Crippen molar-refractivity contribution in [3.8, 4) is 0 Å². The topological polar surface area (TPSA) is 3.24 Å². The van der Waals surface area contributed by atoms with E-state index in [2.05, 4.69) is 79.4 Å². The van der Waals surface area contributed by atoms with Gasteiger partial charge in [-0.3, -0.25) is 4.90 Å². The van der Waals surface area contributed by atoms with Crippen LogP contribution in [0.25, 0.3) is 0 Å². The number of rotatable bonds is 3. The van der Waals surface area contributed by atoms with Crippen molar-refractivity contribution >= 4 is 0 Å². The van der Waals surface area contributed by atoms with Gasteiger partial charge in [-0.05, 0) is 23.0 Å². The molecule has 2 aromatic rings. The van der Waals surface area contributed by atoms with Crippen LogP contribution in [0.2, 0.25) is 0 Å². The van der Waals surface area contributed by atoms with E-state index in [1.807, 2.05) is 0 Å². The van der Waals surface area contributed by atoms with Crippen LogP contribution in [0.4, 0.5) is 0 Å². The van der Waals surface area contributed by atoms with Crippen LogP contribution in [0.15, 0.2) is 60.7 Å². The first kappa shape index (κ1) is 13.1. The van der Waals surface area contributed by atoms with E-state index < -0.39 is 0 Å². The van der Waals surface area contributed by atoms with E-state index in [0.717, 1.165) is 24.4 Å². The monoisotopic (exact) mass is 277 g/mol. The minimum Gasteiger partial charge on any atom is -0.295 e. The fourth-order valence-corrected chi connectivity index (χ4v) is 4.77. The van der Waals surface area contributed by atoms with Gasteiger partial charge in [-0.25, -0.2) is 0 Å². The average Bonchev–Trinajstić information content (AvgIpc) is 3.02. The Balaban J connectivity index is 1.59. The van der Waals surface area contributed by atoms with Crippen molar-refractivity contribution < 1.29 is 0 Å². The Kier molecular flexibility index (Phi) is 2.93. The predicted octanol–water partition coefficient (Wildman–Crippen LogP) is 4.09. The number of piperidine rings is 1. The van der Waals surface area contributed by atoms with Gasteiger partial charge < -0.3 is 0 Å². The minimum absolute atomic E-state index is 0.355. The highest BCUT2D eigenvalue weighted by molar-refractivity contribution is 5.41. The number of likely N-dealkylation sites (tertiary alicyclic amines) is 1. The second kappa shape index (κ2) is 4.71. The zero-order valence-corrected chi connectivity index (χ0v) is 12.9. The predicted molar refractivity (Wildman–Crippen MR) is 87.1 cm³/mol. The molecule has 1 saturated heterocycles. The van der Waals surface area contributed by atoms with Gasteiger partial charge in [0, 0.05) is 24.5 Å². The van der Waals surface area contributed by atoms with Crippen LogP contribution in [0.1, 0.15) is 25.0 Å². The fraction of sp³-hybridized carbons (Fsp3) is 0.400. The van der Waals surface area contributed by atoms with Crippen LogP contribution < -0.4 is 0 Å². The molecule has 1 unspecified atom stereocenters. The van der Waals surface area contributed by atoms with Gasteiger partial charge in [0.1, 0.15) is 0 Å². The number of nitrogens with zero attached hydrogens (tertiary/aromatic N) is 1. The van der Waals surface area contributed by atoms with Crippen LogP contribution in [0.5, 0.6) is 0 Å². The minimum atomic E-state index is 0.355. The van der Waals surface area contributed by atoms with Crippen LogP contribution in [0, 0.1) is 11.8 Å². The lowest BCUT2D eigenvalue weighted by molar-refractivity contribution is 0.240. The molecule has 1 aliphatic carbocycles. The molecule has 0 amide bonds. The standard InChI is InChI=1S/C20H23N/c1-15-13-21(14-16-9-5-3-6-10-16)19-18(15)20(19,2)17-11-7-4-8-12-17/h3-12,15,18-19H,13-14H2,1-2H3/t15-,18-,19+,20?/m0/s1. The molecule has 0 aromatic heterocycles. The molecular weight excluding hydrogens is 254 g/mol. The second-order valence-electron chi connectivity index (χ2n) is 7.01. The number of benzene rings is 2. The molecule has 4 rings (SSSR count). The van der Waals surface area contributed by atoms with E-state index in [9.17, 15) is 0 Å².